The zero-order valence-electron chi connectivity index (χ0n) is 8.79. The lowest BCUT2D eigenvalue weighted by atomic mass is 10.2. The van der Waals surface area contributed by atoms with Gasteiger partial charge in [0.25, 0.3) is 0 Å². The molecule has 1 saturated heterocycles. The molecule has 0 saturated carbocycles. The molecule has 1 heterocycles. The number of thiocarbonyl (C=S) groups is 1. The Kier molecular flexibility index (Phi) is 4.77. The SMILES string of the molecule is CC(CNC(=O)NC1CCOC1)C(N)=S. The molecule has 0 aromatic carbocycles. The summed E-state index contributed by atoms with van der Waals surface area (Å²) in [6, 6.07) is -0.0567. The molecule has 5 nitrogen and oxygen atoms in total. The van der Waals surface area contributed by atoms with Gasteiger partial charge in [0.15, 0.2) is 0 Å². The summed E-state index contributed by atoms with van der Waals surface area (Å²) in [7, 11) is 0. The van der Waals surface area contributed by atoms with Gasteiger partial charge in [-0.1, -0.05) is 19.1 Å². The summed E-state index contributed by atoms with van der Waals surface area (Å²) in [6.07, 6.45) is 0.873. The quantitative estimate of drug-likeness (QED) is 0.595. The number of nitrogens with one attached hydrogen (secondary N) is 2. The van der Waals surface area contributed by atoms with E-state index in [0.29, 0.717) is 24.7 Å². The largest absolute Gasteiger partial charge is 0.393 e. The molecule has 86 valence electrons. The summed E-state index contributed by atoms with van der Waals surface area (Å²) in [5.74, 6) is 0.0191. The highest BCUT2D eigenvalue weighted by atomic mass is 32.1. The molecule has 1 fully saturated rings. The van der Waals surface area contributed by atoms with E-state index < -0.39 is 0 Å². The van der Waals surface area contributed by atoms with Crippen LogP contribution in [0.4, 0.5) is 4.79 Å². The second-order valence-electron chi connectivity index (χ2n) is 3.72. The van der Waals surface area contributed by atoms with Gasteiger partial charge in [0.1, 0.15) is 0 Å². The van der Waals surface area contributed by atoms with E-state index in [2.05, 4.69) is 10.6 Å². The first-order valence-electron chi connectivity index (χ1n) is 5.01. The van der Waals surface area contributed by atoms with Crippen molar-refractivity contribution in [2.45, 2.75) is 19.4 Å². The van der Waals surface area contributed by atoms with Crippen LogP contribution < -0.4 is 16.4 Å². The third kappa shape index (κ3) is 4.44. The normalized spacial score (nSPS) is 22.1. The molecule has 0 spiro atoms. The molecule has 0 radical (unpaired) electrons. The number of urea groups is 1. The number of carbonyl (C=O) groups excluding carboxylic acids is 1. The van der Waals surface area contributed by atoms with Crippen molar-refractivity contribution < 1.29 is 9.53 Å². The van der Waals surface area contributed by atoms with E-state index in [-0.39, 0.29) is 18.0 Å². The summed E-state index contributed by atoms with van der Waals surface area (Å²) in [5, 5.41) is 5.53. The van der Waals surface area contributed by atoms with E-state index >= 15 is 0 Å². The molecule has 2 atom stereocenters. The van der Waals surface area contributed by atoms with Crippen LogP contribution in [0.1, 0.15) is 13.3 Å². The van der Waals surface area contributed by atoms with Crippen LogP contribution in [-0.2, 0) is 4.74 Å². The molecule has 1 aliphatic heterocycles. The average molecular weight is 231 g/mol. The van der Waals surface area contributed by atoms with Crippen LogP contribution in [-0.4, -0.2) is 36.8 Å². The van der Waals surface area contributed by atoms with Crippen molar-refractivity contribution in [2.75, 3.05) is 19.8 Å². The highest BCUT2D eigenvalue weighted by Crippen LogP contribution is 2.02. The number of rotatable bonds is 4. The second kappa shape index (κ2) is 5.87. The van der Waals surface area contributed by atoms with Gasteiger partial charge in [0.05, 0.1) is 17.6 Å². The first kappa shape index (κ1) is 12.2. The van der Waals surface area contributed by atoms with Crippen molar-refractivity contribution in [3.63, 3.8) is 0 Å². The highest BCUT2D eigenvalue weighted by Gasteiger charge is 2.17. The summed E-state index contributed by atoms with van der Waals surface area (Å²) in [5.41, 5.74) is 5.43. The van der Waals surface area contributed by atoms with Gasteiger partial charge in [0, 0.05) is 19.1 Å². The number of carbonyl (C=O) groups is 1. The Bertz CT molecular complexity index is 242. The summed E-state index contributed by atoms with van der Waals surface area (Å²) >= 11 is 4.80. The Balaban J connectivity index is 2.15. The smallest absolute Gasteiger partial charge is 0.315 e. The zero-order chi connectivity index (χ0) is 11.3. The summed E-state index contributed by atoms with van der Waals surface area (Å²) < 4.78 is 5.14. The molecular weight excluding hydrogens is 214 g/mol. The molecular formula is C9H17N3O2S. The Labute approximate surface area is 94.7 Å². The fraction of sp³-hybridized carbons (Fsp3) is 0.778. The Morgan fingerprint density at radius 2 is 2.47 bits per heavy atom. The van der Waals surface area contributed by atoms with Gasteiger partial charge in [-0.3, -0.25) is 0 Å². The van der Waals surface area contributed by atoms with Crippen molar-refractivity contribution in [1.82, 2.24) is 10.6 Å². The van der Waals surface area contributed by atoms with Gasteiger partial charge in [-0.15, -0.1) is 0 Å². The number of hydrogen-bond donors (Lipinski definition) is 3. The fourth-order valence-corrected chi connectivity index (χ4v) is 1.31. The van der Waals surface area contributed by atoms with E-state index in [0.717, 1.165) is 6.42 Å². The van der Waals surface area contributed by atoms with Crippen LogP contribution in [0, 0.1) is 5.92 Å². The number of amides is 2. The molecule has 4 N–H and O–H groups in total. The van der Waals surface area contributed by atoms with Gasteiger partial charge in [-0.2, -0.15) is 0 Å². The van der Waals surface area contributed by atoms with Crippen molar-refractivity contribution in [3.05, 3.63) is 0 Å². The number of hydrogen-bond acceptors (Lipinski definition) is 3. The molecule has 2 amide bonds. The second-order valence-corrected chi connectivity index (χ2v) is 4.19. The Hall–Kier alpha value is -0.880. The van der Waals surface area contributed by atoms with Gasteiger partial charge in [-0.25, -0.2) is 4.79 Å². The van der Waals surface area contributed by atoms with Gasteiger partial charge >= 0.3 is 6.03 Å². The lowest BCUT2D eigenvalue weighted by Gasteiger charge is -2.14. The van der Waals surface area contributed by atoms with Crippen LogP contribution >= 0.6 is 12.2 Å². The average Bonchev–Trinajstić information content (AvgIpc) is 2.66. The van der Waals surface area contributed by atoms with Crippen molar-refractivity contribution in [2.24, 2.45) is 11.7 Å². The van der Waals surface area contributed by atoms with Crippen LogP contribution in [0.2, 0.25) is 0 Å². The lowest BCUT2D eigenvalue weighted by molar-refractivity contribution is 0.188. The maximum atomic E-state index is 11.4. The zero-order valence-corrected chi connectivity index (χ0v) is 9.60. The van der Waals surface area contributed by atoms with Crippen molar-refractivity contribution in [1.29, 1.82) is 0 Å². The first-order chi connectivity index (χ1) is 7.09. The van der Waals surface area contributed by atoms with Crippen molar-refractivity contribution in [3.8, 4) is 0 Å². The molecule has 0 aromatic heterocycles. The maximum absolute atomic E-state index is 11.4. The van der Waals surface area contributed by atoms with Crippen molar-refractivity contribution >= 4 is 23.2 Å². The third-order valence-corrected chi connectivity index (χ3v) is 2.72. The van der Waals surface area contributed by atoms with Crippen LogP contribution in [0.15, 0.2) is 0 Å². The predicted octanol–water partition coefficient (Wildman–Crippen LogP) is -0.00330. The number of nitrogens with two attached hydrogens (primary N) is 1. The standard InChI is InChI=1S/C9H17N3O2S/c1-6(8(10)15)4-11-9(13)12-7-2-3-14-5-7/h6-7H,2-5H2,1H3,(H2,10,15)(H2,11,12,13). The summed E-state index contributed by atoms with van der Waals surface area (Å²) in [6.45, 7) is 3.66. The molecule has 0 aliphatic carbocycles. The highest BCUT2D eigenvalue weighted by molar-refractivity contribution is 7.80. The lowest BCUT2D eigenvalue weighted by Crippen LogP contribution is -2.44. The minimum atomic E-state index is -0.186. The van der Waals surface area contributed by atoms with Gasteiger partial charge in [-0.05, 0) is 6.42 Å². The molecule has 1 rings (SSSR count). The monoisotopic (exact) mass is 231 g/mol. The minimum absolute atomic E-state index is 0.0191. The molecule has 6 heteroatoms. The molecule has 15 heavy (non-hydrogen) atoms. The molecule has 2 unspecified atom stereocenters. The first-order valence-corrected chi connectivity index (χ1v) is 5.42. The Morgan fingerprint density at radius 3 is 3.00 bits per heavy atom. The van der Waals surface area contributed by atoms with Crippen LogP contribution in [0.25, 0.3) is 0 Å². The fourth-order valence-electron chi connectivity index (χ4n) is 1.23. The van der Waals surface area contributed by atoms with E-state index in [4.69, 9.17) is 22.7 Å². The van der Waals surface area contributed by atoms with E-state index in [1.807, 2.05) is 6.92 Å². The van der Waals surface area contributed by atoms with E-state index in [9.17, 15) is 4.79 Å². The topological polar surface area (TPSA) is 76.4 Å². The molecule has 1 aliphatic rings. The van der Waals surface area contributed by atoms with E-state index in [1.165, 1.54) is 0 Å². The van der Waals surface area contributed by atoms with Gasteiger partial charge in [0.2, 0.25) is 0 Å². The predicted molar refractivity (Wildman–Crippen MR) is 61.7 cm³/mol. The van der Waals surface area contributed by atoms with Crippen LogP contribution in [0.5, 0.6) is 0 Å². The Morgan fingerprint density at radius 1 is 1.73 bits per heavy atom. The summed E-state index contributed by atoms with van der Waals surface area (Å²) in [4.78, 5) is 11.8. The number of ether oxygens (including phenoxy) is 1. The van der Waals surface area contributed by atoms with Gasteiger partial charge < -0.3 is 21.1 Å². The molecule has 0 aromatic rings. The van der Waals surface area contributed by atoms with Crippen LogP contribution in [0.3, 0.4) is 0 Å². The molecule has 0 bridgehead atoms. The van der Waals surface area contributed by atoms with E-state index in [1.54, 1.807) is 0 Å². The maximum Gasteiger partial charge on any atom is 0.315 e. The third-order valence-electron chi connectivity index (χ3n) is 2.32. The minimum Gasteiger partial charge on any atom is -0.393 e.